The van der Waals surface area contributed by atoms with Crippen LogP contribution in [0, 0.1) is 17.3 Å². The van der Waals surface area contributed by atoms with Crippen molar-refractivity contribution in [2.45, 2.75) is 40.5 Å². The van der Waals surface area contributed by atoms with Gasteiger partial charge >= 0.3 is 0 Å². The molecule has 2 heteroatoms. The van der Waals surface area contributed by atoms with Gasteiger partial charge in [0.1, 0.15) is 0 Å². The number of hydrogen-bond acceptors (Lipinski definition) is 2. The van der Waals surface area contributed by atoms with Crippen LogP contribution >= 0.6 is 0 Å². The molecule has 2 fully saturated rings. The van der Waals surface area contributed by atoms with Crippen molar-refractivity contribution in [2.24, 2.45) is 17.3 Å². The molecule has 0 radical (unpaired) electrons. The van der Waals surface area contributed by atoms with E-state index >= 15 is 0 Å². The second kappa shape index (κ2) is 5.27. The molecule has 17 heavy (non-hydrogen) atoms. The van der Waals surface area contributed by atoms with Crippen LogP contribution in [-0.2, 0) is 0 Å². The van der Waals surface area contributed by atoms with Gasteiger partial charge in [-0.05, 0) is 49.7 Å². The lowest BCUT2D eigenvalue weighted by molar-refractivity contribution is 0.0317. The highest BCUT2D eigenvalue weighted by Gasteiger charge is 2.34. The summed E-state index contributed by atoms with van der Waals surface area (Å²) in [7, 11) is 0. The number of nitrogens with zero attached hydrogens (tertiary/aromatic N) is 2. The zero-order valence-electron chi connectivity index (χ0n) is 12.2. The summed E-state index contributed by atoms with van der Waals surface area (Å²) in [6.45, 7) is 17.3. The second-order valence-electron chi connectivity index (χ2n) is 7.29. The first-order chi connectivity index (χ1) is 7.98. The molecule has 100 valence electrons. The molecule has 0 aromatic rings. The standard InChI is InChI=1S/C15H30N2/c1-5-16-8-6-14-11-17(12-15(2,3)4)9-7-13(14)10-16/h13-14H,5-12H2,1-4H3. The highest BCUT2D eigenvalue weighted by atomic mass is 15.2. The summed E-state index contributed by atoms with van der Waals surface area (Å²) >= 11 is 0. The molecule has 2 atom stereocenters. The van der Waals surface area contributed by atoms with Gasteiger partial charge in [-0.3, -0.25) is 0 Å². The van der Waals surface area contributed by atoms with Gasteiger partial charge in [0.2, 0.25) is 0 Å². The van der Waals surface area contributed by atoms with Crippen molar-refractivity contribution in [2.75, 3.05) is 39.3 Å². The van der Waals surface area contributed by atoms with Crippen molar-refractivity contribution in [3.63, 3.8) is 0 Å². The first-order valence-corrected chi connectivity index (χ1v) is 7.42. The molecule has 0 bridgehead atoms. The van der Waals surface area contributed by atoms with Crippen LogP contribution in [0.1, 0.15) is 40.5 Å². The molecular weight excluding hydrogens is 208 g/mol. The van der Waals surface area contributed by atoms with Gasteiger partial charge in [-0.25, -0.2) is 0 Å². The largest absolute Gasteiger partial charge is 0.303 e. The molecule has 0 aromatic carbocycles. The van der Waals surface area contributed by atoms with E-state index in [1.54, 1.807) is 0 Å². The Hall–Kier alpha value is -0.0800. The van der Waals surface area contributed by atoms with Gasteiger partial charge in [0.05, 0.1) is 0 Å². The van der Waals surface area contributed by atoms with Gasteiger partial charge in [-0.15, -0.1) is 0 Å². The maximum Gasteiger partial charge on any atom is 0.00302 e. The summed E-state index contributed by atoms with van der Waals surface area (Å²) in [5.41, 5.74) is 0.455. The van der Waals surface area contributed by atoms with Crippen LogP contribution in [0.25, 0.3) is 0 Å². The minimum atomic E-state index is 0.455. The van der Waals surface area contributed by atoms with Gasteiger partial charge in [-0.2, -0.15) is 0 Å². The fourth-order valence-corrected chi connectivity index (χ4v) is 3.60. The molecule has 0 aliphatic carbocycles. The first kappa shape index (κ1) is 13.4. The molecule has 2 heterocycles. The summed E-state index contributed by atoms with van der Waals surface area (Å²) in [4.78, 5) is 5.35. The highest BCUT2D eigenvalue weighted by Crippen LogP contribution is 2.32. The summed E-state index contributed by atoms with van der Waals surface area (Å²) in [6, 6.07) is 0. The molecule has 2 aliphatic rings. The maximum absolute atomic E-state index is 2.71. The predicted molar refractivity (Wildman–Crippen MR) is 74.2 cm³/mol. The molecule has 0 spiro atoms. The molecule has 2 rings (SSSR count). The fraction of sp³-hybridized carbons (Fsp3) is 1.00. The number of piperidine rings is 2. The minimum Gasteiger partial charge on any atom is -0.303 e. The smallest absolute Gasteiger partial charge is 0.00302 e. The highest BCUT2D eigenvalue weighted by molar-refractivity contribution is 4.87. The van der Waals surface area contributed by atoms with Crippen molar-refractivity contribution >= 4 is 0 Å². The molecule has 2 unspecified atom stereocenters. The third-order valence-corrected chi connectivity index (χ3v) is 4.43. The van der Waals surface area contributed by atoms with Gasteiger partial charge in [-0.1, -0.05) is 27.7 Å². The van der Waals surface area contributed by atoms with E-state index in [2.05, 4.69) is 37.5 Å². The molecule has 0 N–H and O–H groups in total. The maximum atomic E-state index is 2.71. The summed E-state index contributed by atoms with van der Waals surface area (Å²) in [5.74, 6) is 1.97. The van der Waals surface area contributed by atoms with Crippen molar-refractivity contribution in [1.82, 2.24) is 9.80 Å². The molecule has 0 aromatic heterocycles. The molecular formula is C15H30N2. The third kappa shape index (κ3) is 3.69. The SMILES string of the molecule is CCN1CCC2CN(CC(C)(C)C)CCC2C1. The quantitative estimate of drug-likeness (QED) is 0.730. The molecule has 2 aliphatic heterocycles. The fourth-order valence-electron chi connectivity index (χ4n) is 3.60. The topological polar surface area (TPSA) is 6.48 Å². The van der Waals surface area contributed by atoms with E-state index in [1.165, 1.54) is 52.1 Å². The van der Waals surface area contributed by atoms with Gasteiger partial charge < -0.3 is 9.80 Å². The second-order valence-corrected chi connectivity index (χ2v) is 7.29. The normalized spacial score (nSPS) is 32.5. The van der Waals surface area contributed by atoms with E-state index in [4.69, 9.17) is 0 Å². The Labute approximate surface area is 107 Å². The average molecular weight is 238 g/mol. The minimum absolute atomic E-state index is 0.455. The van der Waals surface area contributed by atoms with Gasteiger partial charge in [0.15, 0.2) is 0 Å². The van der Waals surface area contributed by atoms with E-state index in [0.29, 0.717) is 5.41 Å². The zero-order chi connectivity index (χ0) is 12.5. The first-order valence-electron chi connectivity index (χ1n) is 7.42. The van der Waals surface area contributed by atoms with Gasteiger partial charge in [0.25, 0.3) is 0 Å². The Morgan fingerprint density at radius 2 is 1.47 bits per heavy atom. The Morgan fingerprint density at radius 1 is 0.941 bits per heavy atom. The van der Waals surface area contributed by atoms with Crippen molar-refractivity contribution in [1.29, 1.82) is 0 Å². The molecule has 0 saturated carbocycles. The van der Waals surface area contributed by atoms with E-state index in [1.807, 2.05) is 0 Å². The lowest BCUT2D eigenvalue weighted by atomic mass is 9.79. The zero-order valence-corrected chi connectivity index (χ0v) is 12.2. The van der Waals surface area contributed by atoms with Crippen LogP contribution < -0.4 is 0 Å². The summed E-state index contributed by atoms with van der Waals surface area (Å²) < 4.78 is 0. The van der Waals surface area contributed by atoms with Crippen LogP contribution in [0.2, 0.25) is 0 Å². The molecule has 0 amide bonds. The Balaban J connectivity index is 1.85. The molecule has 2 nitrogen and oxygen atoms in total. The van der Waals surface area contributed by atoms with Crippen LogP contribution in [0.15, 0.2) is 0 Å². The van der Waals surface area contributed by atoms with Crippen molar-refractivity contribution in [3.05, 3.63) is 0 Å². The van der Waals surface area contributed by atoms with Gasteiger partial charge in [0, 0.05) is 19.6 Å². The third-order valence-electron chi connectivity index (χ3n) is 4.43. The monoisotopic (exact) mass is 238 g/mol. The number of rotatable bonds is 2. The average Bonchev–Trinajstić information content (AvgIpc) is 2.26. The van der Waals surface area contributed by atoms with E-state index in [-0.39, 0.29) is 0 Å². The lowest BCUT2D eigenvalue weighted by Crippen LogP contribution is -2.50. The number of likely N-dealkylation sites (tertiary alicyclic amines) is 2. The van der Waals surface area contributed by atoms with Crippen molar-refractivity contribution < 1.29 is 0 Å². The number of fused-ring (bicyclic) bond motifs is 1. The Bertz CT molecular complexity index is 244. The summed E-state index contributed by atoms with van der Waals surface area (Å²) in [6.07, 6.45) is 2.86. The van der Waals surface area contributed by atoms with Crippen LogP contribution in [0.4, 0.5) is 0 Å². The lowest BCUT2D eigenvalue weighted by Gasteiger charge is -2.46. The Morgan fingerprint density at radius 3 is 2.00 bits per heavy atom. The predicted octanol–water partition coefficient (Wildman–Crippen LogP) is 2.70. The van der Waals surface area contributed by atoms with Crippen LogP contribution in [-0.4, -0.2) is 49.1 Å². The van der Waals surface area contributed by atoms with Crippen molar-refractivity contribution in [3.8, 4) is 0 Å². The van der Waals surface area contributed by atoms with Crippen LogP contribution in [0.5, 0.6) is 0 Å². The van der Waals surface area contributed by atoms with Crippen LogP contribution in [0.3, 0.4) is 0 Å². The number of hydrogen-bond donors (Lipinski definition) is 0. The van der Waals surface area contributed by atoms with E-state index in [9.17, 15) is 0 Å². The Kier molecular flexibility index (Phi) is 4.14. The molecule has 2 saturated heterocycles. The van der Waals surface area contributed by atoms with E-state index in [0.717, 1.165) is 11.8 Å². The van der Waals surface area contributed by atoms with E-state index < -0.39 is 0 Å². The summed E-state index contributed by atoms with van der Waals surface area (Å²) in [5, 5.41) is 0.